The molecule has 0 radical (unpaired) electrons. The van der Waals surface area contributed by atoms with Crippen LogP contribution in [-0.2, 0) is 11.2 Å². The van der Waals surface area contributed by atoms with Crippen molar-refractivity contribution < 1.29 is 4.74 Å². The number of ether oxygens (including phenoxy) is 1. The van der Waals surface area contributed by atoms with Crippen molar-refractivity contribution in [3.05, 3.63) is 24.0 Å². The van der Waals surface area contributed by atoms with Crippen molar-refractivity contribution in [1.29, 1.82) is 0 Å². The van der Waals surface area contributed by atoms with Crippen molar-refractivity contribution in [2.24, 2.45) is 0 Å². The van der Waals surface area contributed by atoms with Gasteiger partial charge in [-0.1, -0.05) is 0 Å². The minimum atomic E-state index is 0.480. The third-order valence-electron chi connectivity index (χ3n) is 3.65. The number of aromatic nitrogens is 1. The molecule has 2 saturated heterocycles. The monoisotopic (exact) mass is 233 g/mol. The predicted molar refractivity (Wildman–Crippen MR) is 66.7 cm³/mol. The molecule has 17 heavy (non-hydrogen) atoms. The lowest BCUT2D eigenvalue weighted by Crippen LogP contribution is -2.43. The van der Waals surface area contributed by atoms with E-state index >= 15 is 0 Å². The lowest BCUT2D eigenvalue weighted by Gasteiger charge is -2.31. The molecule has 2 fully saturated rings. The molecule has 2 unspecified atom stereocenters. The minimum absolute atomic E-state index is 0.480. The fourth-order valence-electron chi connectivity index (χ4n) is 2.74. The van der Waals surface area contributed by atoms with Crippen molar-refractivity contribution >= 4 is 5.69 Å². The third kappa shape index (κ3) is 2.58. The number of anilines is 1. The zero-order chi connectivity index (χ0) is 11.7. The average molecular weight is 233 g/mol. The summed E-state index contributed by atoms with van der Waals surface area (Å²) in [5.74, 6) is 0. The molecule has 3 heterocycles. The first-order valence-electron chi connectivity index (χ1n) is 6.38. The van der Waals surface area contributed by atoms with Crippen molar-refractivity contribution in [1.82, 2.24) is 9.88 Å². The number of pyridine rings is 1. The minimum Gasteiger partial charge on any atom is -0.397 e. The molecule has 0 amide bonds. The topological polar surface area (TPSA) is 51.4 Å². The molecule has 2 atom stereocenters. The molecule has 92 valence electrons. The molecule has 2 bridgehead atoms. The summed E-state index contributed by atoms with van der Waals surface area (Å²) in [6.07, 6.45) is 6.17. The quantitative estimate of drug-likeness (QED) is 0.848. The Bertz CT molecular complexity index is 367. The molecule has 0 aliphatic carbocycles. The smallest absolute Gasteiger partial charge is 0.0707 e. The van der Waals surface area contributed by atoms with Crippen molar-refractivity contribution in [2.45, 2.75) is 31.5 Å². The van der Waals surface area contributed by atoms with Gasteiger partial charge in [-0.25, -0.2) is 0 Å². The number of hydrogen-bond donors (Lipinski definition) is 1. The van der Waals surface area contributed by atoms with Gasteiger partial charge < -0.3 is 10.5 Å². The first kappa shape index (κ1) is 11.0. The highest BCUT2D eigenvalue weighted by molar-refractivity contribution is 5.34. The lowest BCUT2D eigenvalue weighted by atomic mass is 10.2. The van der Waals surface area contributed by atoms with Gasteiger partial charge in [0.15, 0.2) is 0 Å². The zero-order valence-corrected chi connectivity index (χ0v) is 10.0. The van der Waals surface area contributed by atoms with Crippen LogP contribution in [0.15, 0.2) is 18.3 Å². The second-order valence-electron chi connectivity index (χ2n) is 5.05. The van der Waals surface area contributed by atoms with Crippen LogP contribution in [0.3, 0.4) is 0 Å². The molecule has 4 nitrogen and oxygen atoms in total. The molecule has 3 rings (SSSR count). The largest absolute Gasteiger partial charge is 0.397 e. The van der Waals surface area contributed by atoms with Crippen LogP contribution < -0.4 is 5.73 Å². The molecule has 2 N–H and O–H groups in total. The van der Waals surface area contributed by atoms with Crippen LogP contribution in [0.2, 0.25) is 0 Å². The van der Waals surface area contributed by atoms with E-state index < -0.39 is 0 Å². The summed E-state index contributed by atoms with van der Waals surface area (Å²) in [5, 5.41) is 0. The van der Waals surface area contributed by atoms with Gasteiger partial charge >= 0.3 is 0 Å². The Morgan fingerprint density at radius 2 is 2.06 bits per heavy atom. The van der Waals surface area contributed by atoms with Crippen LogP contribution in [0.4, 0.5) is 5.69 Å². The molecule has 1 aromatic rings. The summed E-state index contributed by atoms with van der Waals surface area (Å²) in [5.41, 5.74) is 7.48. The van der Waals surface area contributed by atoms with E-state index in [1.54, 1.807) is 6.20 Å². The highest BCUT2D eigenvalue weighted by Crippen LogP contribution is 2.26. The number of nitrogen functional groups attached to an aromatic ring is 1. The Morgan fingerprint density at radius 1 is 1.29 bits per heavy atom. The summed E-state index contributed by atoms with van der Waals surface area (Å²) in [6, 6.07) is 3.94. The number of rotatable bonds is 3. The second-order valence-corrected chi connectivity index (χ2v) is 5.05. The van der Waals surface area contributed by atoms with Crippen LogP contribution in [0.25, 0.3) is 0 Å². The molecule has 0 saturated carbocycles. The van der Waals surface area contributed by atoms with E-state index in [2.05, 4.69) is 9.88 Å². The predicted octanol–water partition coefficient (Wildman–Crippen LogP) is 1.07. The number of nitrogens with zero attached hydrogens (tertiary/aromatic N) is 2. The summed E-state index contributed by atoms with van der Waals surface area (Å²) in [7, 11) is 0. The Balaban J connectivity index is 1.52. The van der Waals surface area contributed by atoms with Gasteiger partial charge in [0, 0.05) is 31.7 Å². The summed E-state index contributed by atoms with van der Waals surface area (Å²) in [6.45, 7) is 3.25. The van der Waals surface area contributed by atoms with Gasteiger partial charge in [0.05, 0.1) is 24.1 Å². The van der Waals surface area contributed by atoms with Gasteiger partial charge in [-0.2, -0.15) is 0 Å². The van der Waals surface area contributed by atoms with Crippen molar-refractivity contribution in [2.75, 3.05) is 25.4 Å². The van der Waals surface area contributed by atoms with Crippen LogP contribution in [0.1, 0.15) is 18.5 Å². The molecule has 4 heteroatoms. The normalized spacial score (nSPS) is 28.5. The van der Waals surface area contributed by atoms with Crippen LogP contribution >= 0.6 is 0 Å². The van der Waals surface area contributed by atoms with Gasteiger partial charge in [0.25, 0.3) is 0 Å². The molecule has 0 aromatic carbocycles. The highest BCUT2D eigenvalue weighted by atomic mass is 16.5. The molecule has 2 aliphatic rings. The highest BCUT2D eigenvalue weighted by Gasteiger charge is 2.33. The first-order valence-corrected chi connectivity index (χ1v) is 6.38. The number of fused-ring (bicyclic) bond motifs is 2. The van der Waals surface area contributed by atoms with Gasteiger partial charge in [-0.15, -0.1) is 0 Å². The Hall–Kier alpha value is -1.13. The van der Waals surface area contributed by atoms with Crippen LogP contribution in [0.5, 0.6) is 0 Å². The zero-order valence-electron chi connectivity index (χ0n) is 10.0. The van der Waals surface area contributed by atoms with E-state index in [0.717, 1.165) is 37.4 Å². The molecule has 1 aromatic heterocycles. The van der Waals surface area contributed by atoms with Crippen LogP contribution in [0, 0.1) is 0 Å². The summed E-state index contributed by atoms with van der Waals surface area (Å²) in [4.78, 5) is 6.84. The van der Waals surface area contributed by atoms with Crippen molar-refractivity contribution in [3.8, 4) is 0 Å². The average Bonchev–Trinajstić information content (AvgIpc) is 2.68. The maximum atomic E-state index is 5.82. The van der Waals surface area contributed by atoms with Gasteiger partial charge in [-0.3, -0.25) is 9.88 Å². The third-order valence-corrected chi connectivity index (χ3v) is 3.65. The lowest BCUT2D eigenvalue weighted by molar-refractivity contribution is -0.0378. The van der Waals surface area contributed by atoms with Gasteiger partial charge in [0.2, 0.25) is 0 Å². The maximum absolute atomic E-state index is 5.82. The fourth-order valence-corrected chi connectivity index (χ4v) is 2.74. The van der Waals surface area contributed by atoms with Gasteiger partial charge in [-0.05, 0) is 25.0 Å². The van der Waals surface area contributed by atoms with E-state index in [4.69, 9.17) is 10.5 Å². The molecular weight excluding hydrogens is 214 g/mol. The molecule has 0 spiro atoms. The van der Waals surface area contributed by atoms with E-state index in [0.29, 0.717) is 12.2 Å². The second kappa shape index (κ2) is 4.63. The Kier molecular flexibility index (Phi) is 2.99. The summed E-state index contributed by atoms with van der Waals surface area (Å²) >= 11 is 0. The number of hydrogen-bond acceptors (Lipinski definition) is 4. The first-order chi connectivity index (χ1) is 8.29. The number of morpholine rings is 1. The van der Waals surface area contributed by atoms with E-state index in [1.807, 2.05) is 12.1 Å². The maximum Gasteiger partial charge on any atom is 0.0707 e. The van der Waals surface area contributed by atoms with E-state index in [-0.39, 0.29) is 0 Å². The van der Waals surface area contributed by atoms with E-state index in [9.17, 15) is 0 Å². The SMILES string of the molecule is Nc1ccc(CCN2CC3CCC(C2)O3)nc1. The van der Waals surface area contributed by atoms with Gasteiger partial charge in [0.1, 0.15) is 0 Å². The fraction of sp³-hybridized carbons (Fsp3) is 0.615. The molecule has 2 aliphatic heterocycles. The van der Waals surface area contributed by atoms with E-state index in [1.165, 1.54) is 12.8 Å². The Morgan fingerprint density at radius 3 is 2.71 bits per heavy atom. The Labute approximate surface area is 102 Å². The summed E-state index contributed by atoms with van der Waals surface area (Å²) < 4.78 is 5.82. The number of nitrogens with two attached hydrogens (primary N) is 1. The molecular formula is C13H19N3O. The standard InChI is InChI=1S/C13H19N3O/c14-10-1-2-11(15-7-10)5-6-16-8-12-3-4-13(9-16)17-12/h1-2,7,12-13H,3-6,8-9,14H2. The van der Waals surface area contributed by atoms with Crippen molar-refractivity contribution in [3.63, 3.8) is 0 Å². The van der Waals surface area contributed by atoms with Crippen LogP contribution in [-0.4, -0.2) is 41.7 Å². The number of likely N-dealkylation sites (tertiary alicyclic amines) is 1.